The molecular formula is C17H23ClO. The van der Waals surface area contributed by atoms with Crippen LogP contribution in [0.15, 0.2) is 36.4 Å². The van der Waals surface area contributed by atoms with Crippen LogP contribution in [0.25, 0.3) is 0 Å². The summed E-state index contributed by atoms with van der Waals surface area (Å²) in [6.45, 7) is 4.16. The Kier molecular flexibility index (Phi) is 5.93. The lowest BCUT2D eigenvalue weighted by atomic mass is 9.84. The van der Waals surface area contributed by atoms with Gasteiger partial charge >= 0.3 is 0 Å². The third-order valence-electron chi connectivity index (χ3n) is 3.99. The molecule has 1 fully saturated rings. The van der Waals surface area contributed by atoms with Crippen LogP contribution >= 0.6 is 11.6 Å². The molecule has 1 nitrogen and oxygen atoms in total. The van der Waals surface area contributed by atoms with E-state index in [1.54, 1.807) is 0 Å². The number of hydrogen-bond acceptors (Lipinski definition) is 1. The van der Waals surface area contributed by atoms with Crippen molar-refractivity contribution >= 4 is 11.6 Å². The molecule has 1 aromatic carbocycles. The third-order valence-corrected chi connectivity index (χ3v) is 4.24. The molecule has 1 heterocycles. The molecule has 1 aliphatic rings. The van der Waals surface area contributed by atoms with Gasteiger partial charge in [0.2, 0.25) is 0 Å². The minimum Gasteiger partial charge on any atom is -0.381 e. The minimum absolute atomic E-state index is 0.705. The summed E-state index contributed by atoms with van der Waals surface area (Å²) in [7, 11) is 0. The van der Waals surface area contributed by atoms with Crippen molar-refractivity contribution in [2.45, 2.75) is 32.6 Å². The van der Waals surface area contributed by atoms with E-state index in [1.807, 2.05) is 12.1 Å². The molecule has 0 spiro atoms. The maximum atomic E-state index is 5.89. The van der Waals surface area contributed by atoms with Gasteiger partial charge in [0.15, 0.2) is 0 Å². The van der Waals surface area contributed by atoms with Crippen molar-refractivity contribution in [1.82, 2.24) is 0 Å². The molecule has 2 rings (SSSR count). The summed E-state index contributed by atoms with van der Waals surface area (Å²) in [6, 6.07) is 8.12. The predicted octanol–water partition coefficient (Wildman–Crippen LogP) is 4.89. The van der Waals surface area contributed by atoms with Gasteiger partial charge in [0, 0.05) is 18.2 Å². The van der Waals surface area contributed by atoms with Crippen molar-refractivity contribution in [2.24, 2.45) is 11.8 Å². The van der Waals surface area contributed by atoms with Crippen molar-refractivity contribution in [1.29, 1.82) is 0 Å². The van der Waals surface area contributed by atoms with Crippen molar-refractivity contribution in [2.75, 3.05) is 13.2 Å². The first-order chi connectivity index (χ1) is 9.29. The zero-order valence-corrected chi connectivity index (χ0v) is 12.4. The summed E-state index contributed by atoms with van der Waals surface area (Å²) in [6.07, 6.45) is 9.36. The van der Waals surface area contributed by atoms with E-state index >= 15 is 0 Å². The van der Waals surface area contributed by atoms with Gasteiger partial charge in [-0.25, -0.2) is 0 Å². The molecule has 2 heteroatoms. The molecular weight excluding hydrogens is 256 g/mol. The van der Waals surface area contributed by atoms with Crippen LogP contribution < -0.4 is 0 Å². The zero-order valence-electron chi connectivity index (χ0n) is 11.6. The summed E-state index contributed by atoms with van der Waals surface area (Å²) in [5.74, 6) is 1.51. The van der Waals surface area contributed by atoms with E-state index in [0.29, 0.717) is 5.92 Å². The molecule has 0 aliphatic carbocycles. The Hall–Kier alpha value is -0.790. The first kappa shape index (κ1) is 14.6. The Labute approximate surface area is 121 Å². The molecule has 1 aromatic rings. The van der Waals surface area contributed by atoms with Crippen LogP contribution in [0, 0.1) is 11.8 Å². The molecule has 0 amide bonds. The molecule has 104 valence electrons. The highest BCUT2D eigenvalue weighted by atomic mass is 35.5. The monoisotopic (exact) mass is 278 g/mol. The van der Waals surface area contributed by atoms with Crippen molar-refractivity contribution < 1.29 is 4.74 Å². The van der Waals surface area contributed by atoms with E-state index in [2.05, 4.69) is 31.2 Å². The van der Waals surface area contributed by atoms with Gasteiger partial charge in [-0.2, -0.15) is 0 Å². The number of halogens is 1. The fourth-order valence-corrected chi connectivity index (χ4v) is 2.90. The molecule has 19 heavy (non-hydrogen) atoms. The van der Waals surface area contributed by atoms with Crippen LogP contribution in [0.3, 0.4) is 0 Å². The first-order valence-corrected chi connectivity index (χ1v) is 7.66. The topological polar surface area (TPSA) is 9.23 Å². The Morgan fingerprint density at radius 3 is 2.58 bits per heavy atom. The van der Waals surface area contributed by atoms with Gasteiger partial charge in [0.05, 0.1) is 0 Å². The van der Waals surface area contributed by atoms with Crippen LogP contribution in [-0.4, -0.2) is 13.2 Å². The van der Waals surface area contributed by atoms with Gasteiger partial charge in [-0.3, -0.25) is 0 Å². The lowest BCUT2D eigenvalue weighted by Gasteiger charge is -2.27. The second-order valence-electron chi connectivity index (χ2n) is 5.28. The number of allylic oxidation sites excluding steroid dienone is 2. The van der Waals surface area contributed by atoms with Crippen molar-refractivity contribution in [3.8, 4) is 0 Å². The summed E-state index contributed by atoms with van der Waals surface area (Å²) < 4.78 is 5.44. The number of hydrogen-bond donors (Lipinski definition) is 0. The fraction of sp³-hybridized carbons (Fsp3) is 0.529. The molecule has 0 radical (unpaired) electrons. The lowest BCUT2D eigenvalue weighted by Crippen LogP contribution is -2.21. The predicted molar refractivity (Wildman–Crippen MR) is 81.6 cm³/mol. The summed E-state index contributed by atoms with van der Waals surface area (Å²) in [4.78, 5) is 0. The second kappa shape index (κ2) is 7.72. The highest BCUT2D eigenvalue weighted by Crippen LogP contribution is 2.27. The molecule has 1 saturated heterocycles. The van der Waals surface area contributed by atoms with Crippen LogP contribution in [0.1, 0.15) is 31.7 Å². The van der Waals surface area contributed by atoms with Gasteiger partial charge in [0.25, 0.3) is 0 Å². The lowest BCUT2D eigenvalue weighted by molar-refractivity contribution is 0.0532. The number of rotatable bonds is 5. The SMILES string of the molecule is CCC(C=CCc1ccc(Cl)cc1)C1CCOCC1. The van der Waals surface area contributed by atoms with E-state index in [9.17, 15) is 0 Å². The standard InChI is InChI=1S/C17H23ClO/c1-2-15(16-10-12-19-13-11-16)5-3-4-14-6-8-17(18)9-7-14/h3,5-9,15-16H,2,4,10-13H2,1H3. The van der Waals surface area contributed by atoms with Gasteiger partial charge < -0.3 is 4.74 Å². The van der Waals surface area contributed by atoms with E-state index in [-0.39, 0.29) is 0 Å². The highest BCUT2D eigenvalue weighted by molar-refractivity contribution is 6.30. The van der Waals surface area contributed by atoms with Gasteiger partial charge in [0.1, 0.15) is 0 Å². The molecule has 0 saturated carbocycles. The van der Waals surface area contributed by atoms with Gasteiger partial charge in [-0.15, -0.1) is 0 Å². The molecule has 1 unspecified atom stereocenters. The van der Waals surface area contributed by atoms with E-state index < -0.39 is 0 Å². The first-order valence-electron chi connectivity index (χ1n) is 7.28. The van der Waals surface area contributed by atoms with Crippen LogP contribution in [0.5, 0.6) is 0 Å². The van der Waals surface area contributed by atoms with Gasteiger partial charge in [-0.05, 0) is 55.2 Å². The minimum atomic E-state index is 0.705. The number of benzene rings is 1. The van der Waals surface area contributed by atoms with Crippen LogP contribution in [-0.2, 0) is 11.2 Å². The fourth-order valence-electron chi connectivity index (χ4n) is 2.77. The van der Waals surface area contributed by atoms with Crippen molar-refractivity contribution in [3.05, 3.63) is 47.0 Å². The molecule has 1 aliphatic heterocycles. The average molecular weight is 279 g/mol. The van der Waals surface area contributed by atoms with E-state index in [0.717, 1.165) is 30.6 Å². The molecule has 0 aromatic heterocycles. The number of ether oxygens (including phenoxy) is 1. The zero-order chi connectivity index (χ0) is 13.5. The maximum Gasteiger partial charge on any atom is 0.0468 e. The van der Waals surface area contributed by atoms with Gasteiger partial charge in [-0.1, -0.05) is 42.8 Å². The smallest absolute Gasteiger partial charge is 0.0468 e. The highest BCUT2D eigenvalue weighted by Gasteiger charge is 2.20. The summed E-state index contributed by atoms with van der Waals surface area (Å²) >= 11 is 5.89. The molecule has 1 atom stereocenters. The maximum absolute atomic E-state index is 5.89. The Balaban J connectivity index is 1.86. The quantitative estimate of drug-likeness (QED) is 0.697. The normalized spacial score (nSPS) is 18.8. The summed E-state index contributed by atoms with van der Waals surface area (Å²) in [5.41, 5.74) is 1.32. The van der Waals surface area contributed by atoms with E-state index in [1.165, 1.54) is 24.8 Å². The Morgan fingerprint density at radius 2 is 1.95 bits per heavy atom. The van der Waals surface area contributed by atoms with E-state index in [4.69, 9.17) is 16.3 Å². The van der Waals surface area contributed by atoms with Crippen molar-refractivity contribution in [3.63, 3.8) is 0 Å². The van der Waals surface area contributed by atoms with Crippen LogP contribution in [0.4, 0.5) is 0 Å². The molecule has 0 bridgehead atoms. The van der Waals surface area contributed by atoms with Crippen LogP contribution in [0.2, 0.25) is 5.02 Å². The Morgan fingerprint density at radius 1 is 1.26 bits per heavy atom. The molecule has 0 N–H and O–H groups in total. The third kappa shape index (κ3) is 4.67. The second-order valence-corrected chi connectivity index (χ2v) is 5.72. The Bertz CT molecular complexity index is 390. The average Bonchev–Trinajstić information content (AvgIpc) is 2.46. The summed E-state index contributed by atoms with van der Waals surface area (Å²) in [5, 5.41) is 0.807. The largest absolute Gasteiger partial charge is 0.381 e.